The van der Waals surface area contributed by atoms with Gasteiger partial charge in [0.25, 0.3) is 5.91 Å². The molecule has 1 fully saturated rings. The van der Waals surface area contributed by atoms with Crippen LogP contribution in [0.5, 0.6) is 11.5 Å². The van der Waals surface area contributed by atoms with Crippen LogP contribution < -0.4 is 14.8 Å². The molecule has 34 heavy (non-hydrogen) atoms. The minimum atomic E-state index is -0.188. The number of ether oxygens (including phenoxy) is 2. The van der Waals surface area contributed by atoms with Crippen LogP contribution in [0.2, 0.25) is 0 Å². The van der Waals surface area contributed by atoms with Crippen molar-refractivity contribution < 1.29 is 14.3 Å². The van der Waals surface area contributed by atoms with E-state index in [0.717, 1.165) is 16.7 Å². The maximum Gasteiger partial charge on any atom is 0.277 e. The Labute approximate surface area is 204 Å². The first-order valence-corrected chi connectivity index (χ1v) is 11.1. The first-order chi connectivity index (χ1) is 16.5. The van der Waals surface area contributed by atoms with E-state index in [1.165, 1.54) is 0 Å². The van der Waals surface area contributed by atoms with Crippen molar-refractivity contribution >= 4 is 29.3 Å². The van der Waals surface area contributed by atoms with Gasteiger partial charge in [-0.3, -0.25) is 9.69 Å². The van der Waals surface area contributed by atoms with Gasteiger partial charge in [-0.1, -0.05) is 36.4 Å². The number of methoxy groups -OCH3 is 1. The zero-order chi connectivity index (χ0) is 24.1. The van der Waals surface area contributed by atoms with Crippen LogP contribution in [0.15, 0.2) is 78.5 Å². The van der Waals surface area contributed by atoms with Crippen LogP contribution >= 0.6 is 12.2 Å². The van der Waals surface area contributed by atoms with Crippen molar-refractivity contribution in [3.8, 4) is 17.6 Å². The second-order valence-corrected chi connectivity index (χ2v) is 8.13. The Kier molecular flexibility index (Phi) is 6.90. The summed E-state index contributed by atoms with van der Waals surface area (Å²) in [6.07, 6.45) is 1.77. The number of nitrogens with zero attached hydrogens (tertiary/aromatic N) is 2. The summed E-state index contributed by atoms with van der Waals surface area (Å²) in [6, 6.07) is 24.2. The molecule has 0 aromatic heterocycles. The average Bonchev–Trinajstić information content (AvgIpc) is 3.15. The molecule has 0 spiro atoms. The Morgan fingerprint density at radius 2 is 1.85 bits per heavy atom. The molecular formula is C27H23N3O3S. The van der Waals surface area contributed by atoms with Gasteiger partial charge in [0.2, 0.25) is 0 Å². The highest BCUT2D eigenvalue weighted by molar-refractivity contribution is 7.80. The van der Waals surface area contributed by atoms with Gasteiger partial charge in [-0.2, -0.15) is 5.26 Å². The van der Waals surface area contributed by atoms with Crippen LogP contribution in [0.3, 0.4) is 0 Å². The van der Waals surface area contributed by atoms with Crippen molar-refractivity contribution in [2.24, 2.45) is 0 Å². The third-order valence-corrected chi connectivity index (χ3v) is 5.87. The van der Waals surface area contributed by atoms with E-state index in [1.54, 1.807) is 42.4 Å². The van der Waals surface area contributed by atoms with E-state index in [0.29, 0.717) is 27.9 Å². The first-order valence-electron chi connectivity index (χ1n) is 10.7. The molecule has 3 aromatic rings. The second kappa shape index (κ2) is 10.2. The molecule has 4 rings (SSSR count). The maximum atomic E-state index is 13.1. The number of amides is 1. The predicted octanol–water partition coefficient (Wildman–Crippen LogP) is 4.96. The maximum absolute atomic E-state index is 13.1. The Morgan fingerprint density at radius 1 is 1.12 bits per heavy atom. The van der Waals surface area contributed by atoms with Crippen molar-refractivity contribution in [3.63, 3.8) is 0 Å². The van der Waals surface area contributed by atoms with Gasteiger partial charge in [0.05, 0.1) is 24.8 Å². The highest BCUT2D eigenvalue weighted by atomic mass is 32.1. The largest absolute Gasteiger partial charge is 0.496 e. The summed E-state index contributed by atoms with van der Waals surface area (Å²) in [5.41, 5.74) is 3.63. The molecule has 3 aromatic carbocycles. The van der Waals surface area contributed by atoms with Gasteiger partial charge in [0.1, 0.15) is 23.8 Å². The molecule has 1 saturated heterocycles. The third-order valence-electron chi connectivity index (χ3n) is 5.57. The number of hydrogen-bond acceptors (Lipinski definition) is 5. The Morgan fingerprint density at radius 3 is 2.53 bits per heavy atom. The second-order valence-electron chi connectivity index (χ2n) is 7.75. The van der Waals surface area contributed by atoms with Crippen molar-refractivity contribution in [1.29, 1.82) is 5.26 Å². The van der Waals surface area contributed by atoms with Gasteiger partial charge in [-0.25, -0.2) is 0 Å². The van der Waals surface area contributed by atoms with Gasteiger partial charge in [0, 0.05) is 5.56 Å². The molecule has 0 saturated carbocycles. The lowest BCUT2D eigenvalue weighted by molar-refractivity contribution is -0.123. The van der Waals surface area contributed by atoms with Crippen LogP contribution in [0.1, 0.15) is 35.2 Å². The summed E-state index contributed by atoms with van der Waals surface area (Å²) in [7, 11) is 1.60. The summed E-state index contributed by atoms with van der Waals surface area (Å²) < 4.78 is 11.3. The molecule has 1 atom stereocenters. The summed E-state index contributed by atoms with van der Waals surface area (Å²) in [5, 5.41) is 12.4. The SMILES string of the molecule is COc1ccc(/C=C2\NC(=S)N(C(C)c3ccccc3)C2=O)cc1COc1ccc(C#N)cc1. The standard InChI is InChI=1S/C27H23N3O3S/c1-18(21-6-4-3-5-7-21)30-26(31)24(29-27(30)34)15-20-10-13-25(32-2)22(14-20)17-33-23-11-8-19(16-28)9-12-23/h3-15,18H,17H2,1-2H3,(H,29,34)/b24-15-. The monoisotopic (exact) mass is 469 g/mol. The molecule has 1 amide bonds. The predicted molar refractivity (Wildman–Crippen MR) is 134 cm³/mol. The fourth-order valence-corrected chi connectivity index (χ4v) is 4.09. The molecule has 0 radical (unpaired) electrons. The lowest BCUT2D eigenvalue weighted by Gasteiger charge is -2.23. The molecule has 170 valence electrons. The number of nitriles is 1. The molecule has 0 bridgehead atoms. The number of carbonyl (C=O) groups is 1. The van der Waals surface area contributed by atoms with Crippen LogP contribution in [0.4, 0.5) is 0 Å². The van der Waals surface area contributed by atoms with E-state index in [-0.39, 0.29) is 18.6 Å². The molecule has 1 heterocycles. The fraction of sp³-hybridized carbons (Fsp3) is 0.148. The molecule has 1 unspecified atom stereocenters. The number of rotatable bonds is 7. The van der Waals surface area contributed by atoms with E-state index < -0.39 is 0 Å². The minimum absolute atomic E-state index is 0.174. The van der Waals surface area contributed by atoms with Gasteiger partial charge < -0.3 is 14.8 Å². The Balaban J connectivity index is 1.53. The van der Waals surface area contributed by atoms with E-state index in [1.807, 2.05) is 55.5 Å². The quantitative estimate of drug-likeness (QED) is 0.389. The molecule has 6 nitrogen and oxygen atoms in total. The van der Waals surface area contributed by atoms with Crippen LogP contribution in [0.25, 0.3) is 6.08 Å². The summed E-state index contributed by atoms with van der Waals surface area (Å²) >= 11 is 5.46. The third kappa shape index (κ3) is 4.92. The van der Waals surface area contributed by atoms with Gasteiger partial charge in [-0.15, -0.1) is 0 Å². The van der Waals surface area contributed by atoms with E-state index in [2.05, 4.69) is 11.4 Å². The van der Waals surface area contributed by atoms with Crippen LogP contribution in [-0.4, -0.2) is 23.0 Å². The zero-order valence-corrected chi connectivity index (χ0v) is 19.6. The fourth-order valence-electron chi connectivity index (χ4n) is 3.74. The van der Waals surface area contributed by atoms with Gasteiger partial charge in [-0.05, 0) is 72.7 Å². The van der Waals surface area contributed by atoms with Crippen molar-refractivity contribution in [2.45, 2.75) is 19.6 Å². The van der Waals surface area contributed by atoms with E-state index in [9.17, 15) is 4.79 Å². The van der Waals surface area contributed by atoms with Crippen molar-refractivity contribution in [2.75, 3.05) is 7.11 Å². The van der Waals surface area contributed by atoms with Crippen LogP contribution in [-0.2, 0) is 11.4 Å². The molecular weight excluding hydrogens is 446 g/mol. The summed E-state index contributed by atoms with van der Waals surface area (Å²) in [5.74, 6) is 1.15. The molecule has 1 N–H and O–H groups in total. The smallest absolute Gasteiger partial charge is 0.277 e. The molecule has 7 heteroatoms. The molecule has 1 aliphatic rings. The number of hydrogen-bond donors (Lipinski definition) is 1. The van der Waals surface area contributed by atoms with Gasteiger partial charge >= 0.3 is 0 Å². The normalized spacial score (nSPS) is 15.1. The zero-order valence-electron chi connectivity index (χ0n) is 18.8. The van der Waals surface area contributed by atoms with E-state index in [4.69, 9.17) is 27.0 Å². The number of benzene rings is 3. The van der Waals surface area contributed by atoms with E-state index >= 15 is 0 Å². The lowest BCUT2D eigenvalue weighted by atomic mass is 10.1. The first kappa shape index (κ1) is 23.0. The number of carbonyl (C=O) groups excluding carboxylic acids is 1. The molecule has 1 aliphatic heterocycles. The number of thiocarbonyl (C=S) groups is 1. The Bertz CT molecular complexity index is 1280. The van der Waals surface area contributed by atoms with Crippen molar-refractivity contribution in [3.05, 3.63) is 101 Å². The average molecular weight is 470 g/mol. The highest BCUT2D eigenvalue weighted by Gasteiger charge is 2.34. The van der Waals surface area contributed by atoms with Crippen LogP contribution in [0, 0.1) is 11.3 Å². The molecule has 0 aliphatic carbocycles. The minimum Gasteiger partial charge on any atom is -0.496 e. The lowest BCUT2D eigenvalue weighted by Crippen LogP contribution is -2.33. The number of nitrogens with one attached hydrogen (secondary N) is 1. The highest BCUT2D eigenvalue weighted by Crippen LogP contribution is 2.28. The summed E-state index contributed by atoms with van der Waals surface area (Å²) in [6.45, 7) is 2.22. The summed E-state index contributed by atoms with van der Waals surface area (Å²) in [4.78, 5) is 14.7. The topological polar surface area (TPSA) is 74.6 Å². The van der Waals surface area contributed by atoms with Crippen molar-refractivity contribution in [1.82, 2.24) is 10.2 Å². The van der Waals surface area contributed by atoms with Gasteiger partial charge in [0.15, 0.2) is 5.11 Å². The Hall–Kier alpha value is -4.15.